The summed E-state index contributed by atoms with van der Waals surface area (Å²) in [5.74, 6) is 0. The number of hydrogen-bond donors (Lipinski definition) is 0. The number of benzene rings is 3. The maximum atomic E-state index is 6.19. The van der Waals surface area contributed by atoms with E-state index >= 15 is 0 Å². The lowest BCUT2D eigenvalue weighted by Gasteiger charge is -2.21. The van der Waals surface area contributed by atoms with Crippen molar-refractivity contribution in [3.05, 3.63) is 112 Å². The van der Waals surface area contributed by atoms with Crippen LogP contribution in [0.15, 0.2) is 89.3 Å². The second-order valence-corrected chi connectivity index (χ2v) is 10.1. The average molecular weight is 511 g/mol. The third-order valence-corrected chi connectivity index (χ3v) is 7.45. The van der Waals surface area contributed by atoms with Crippen molar-refractivity contribution in [1.82, 2.24) is 20.0 Å². The van der Waals surface area contributed by atoms with Crippen LogP contribution in [0.1, 0.15) is 35.0 Å². The van der Waals surface area contributed by atoms with Gasteiger partial charge in [-0.05, 0) is 43.7 Å². The first-order valence-corrected chi connectivity index (χ1v) is 13.0. The lowest BCUT2D eigenvalue weighted by Crippen LogP contribution is -2.18. The lowest BCUT2D eigenvalue weighted by molar-refractivity contribution is 0.706. The molecule has 0 radical (unpaired) electrons. The fraction of sp³-hybridized carbons (Fsp3) is 0.143. The summed E-state index contributed by atoms with van der Waals surface area (Å²) in [4.78, 5) is 4.94. The van der Waals surface area contributed by atoms with E-state index < -0.39 is 0 Å². The first-order chi connectivity index (χ1) is 17.6. The van der Waals surface area contributed by atoms with Gasteiger partial charge in [-0.1, -0.05) is 77.0 Å². The molecule has 8 heteroatoms. The van der Waals surface area contributed by atoms with Crippen LogP contribution in [-0.2, 0) is 0 Å². The minimum atomic E-state index is -0.0176. The van der Waals surface area contributed by atoms with Crippen LogP contribution in [0.4, 0.5) is 5.13 Å². The second-order valence-electron chi connectivity index (χ2n) is 8.81. The molecular weight excluding hydrogens is 488 g/mol. The molecule has 36 heavy (non-hydrogen) atoms. The zero-order chi connectivity index (χ0) is 24.6. The highest BCUT2D eigenvalue weighted by Gasteiger charge is 2.34. The first-order valence-electron chi connectivity index (χ1n) is 11.7. The lowest BCUT2D eigenvalue weighted by atomic mass is 10.0. The maximum Gasteiger partial charge on any atom is 0.207 e. The van der Waals surface area contributed by atoms with E-state index in [9.17, 15) is 0 Å². The second kappa shape index (κ2) is 9.33. The van der Waals surface area contributed by atoms with E-state index in [1.165, 1.54) is 5.56 Å². The van der Waals surface area contributed by atoms with E-state index in [1.54, 1.807) is 11.3 Å². The van der Waals surface area contributed by atoms with Gasteiger partial charge in [-0.15, -0.1) is 16.4 Å². The van der Waals surface area contributed by atoms with Gasteiger partial charge in [-0.2, -0.15) is 5.10 Å². The highest BCUT2D eigenvalue weighted by molar-refractivity contribution is 7.14. The summed E-state index contributed by atoms with van der Waals surface area (Å²) in [5, 5.41) is 19.7. The van der Waals surface area contributed by atoms with Gasteiger partial charge in [-0.3, -0.25) is 0 Å². The fourth-order valence-electron chi connectivity index (χ4n) is 4.41. The molecule has 0 bridgehead atoms. The maximum absolute atomic E-state index is 6.19. The molecule has 6 rings (SSSR count). The number of anilines is 1. The van der Waals surface area contributed by atoms with Gasteiger partial charge in [0.2, 0.25) is 5.13 Å². The summed E-state index contributed by atoms with van der Waals surface area (Å²) in [7, 11) is 0. The molecule has 0 saturated carbocycles. The van der Waals surface area contributed by atoms with E-state index in [0.717, 1.165) is 44.7 Å². The van der Waals surface area contributed by atoms with Crippen LogP contribution < -0.4 is 5.01 Å². The van der Waals surface area contributed by atoms with Crippen molar-refractivity contribution in [2.45, 2.75) is 26.3 Å². The molecule has 6 nitrogen and oxygen atoms in total. The summed E-state index contributed by atoms with van der Waals surface area (Å²) < 4.78 is 1.87. The highest BCUT2D eigenvalue weighted by atomic mass is 35.5. The Morgan fingerprint density at radius 2 is 1.67 bits per heavy atom. The zero-order valence-electron chi connectivity index (χ0n) is 19.8. The van der Waals surface area contributed by atoms with Gasteiger partial charge >= 0.3 is 0 Å². The topological polar surface area (TPSA) is 59.2 Å². The average Bonchev–Trinajstić information content (AvgIpc) is 3.64. The minimum Gasteiger partial charge on any atom is -0.231 e. The van der Waals surface area contributed by atoms with E-state index in [4.69, 9.17) is 21.7 Å². The molecule has 1 aliphatic heterocycles. The summed E-state index contributed by atoms with van der Waals surface area (Å²) in [5.41, 5.74) is 7.99. The summed E-state index contributed by atoms with van der Waals surface area (Å²) in [6.45, 7) is 4.11. The SMILES string of the molecule is Cc1ccc(-n2nnc(C3=NN(c4nc(-c5ccccc5)cs4)[C@@H](c4ccc(Cl)cc4)C3)c2C)cc1. The molecule has 5 aromatic rings. The van der Waals surface area contributed by atoms with Gasteiger partial charge in [0, 0.05) is 22.4 Å². The van der Waals surface area contributed by atoms with Gasteiger partial charge < -0.3 is 0 Å². The molecule has 0 spiro atoms. The van der Waals surface area contributed by atoms with E-state index in [-0.39, 0.29) is 6.04 Å². The number of aryl methyl sites for hydroxylation is 1. The number of aromatic nitrogens is 4. The first kappa shape index (κ1) is 22.6. The van der Waals surface area contributed by atoms with Crippen LogP contribution in [0.5, 0.6) is 0 Å². The molecule has 0 unspecified atom stereocenters. The molecule has 0 aliphatic carbocycles. The van der Waals surface area contributed by atoms with E-state index in [2.05, 4.69) is 71.1 Å². The monoisotopic (exact) mass is 510 g/mol. The highest BCUT2D eigenvalue weighted by Crippen LogP contribution is 2.39. The molecule has 3 heterocycles. The number of nitrogens with zero attached hydrogens (tertiary/aromatic N) is 6. The Kier molecular flexibility index (Phi) is 5.87. The molecule has 0 saturated heterocycles. The molecular formula is C28H23ClN6S. The van der Waals surface area contributed by atoms with Crippen molar-refractivity contribution >= 4 is 33.8 Å². The van der Waals surface area contributed by atoms with Crippen molar-refractivity contribution in [2.75, 3.05) is 5.01 Å². The van der Waals surface area contributed by atoms with Gasteiger partial charge in [0.15, 0.2) is 0 Å². The quantitative estimate of drug-likeness (QED) is 0.255. The van der Waals surface area contributed by atoms with Crippen molar-refractivity contribution < 1.29 is 0 Å². The van der Waals surface area contributed by atoms with Crippen LogP contribution in [0.3, 0.4) is 0 Å². The largest absolute Gasteiger partial charge is 0.231 e. The van der Waals surface area contributed by atoms with Gasteiger partial charge in [0.25, 0.3) is 0 Å². The third-order valence-electron chi connectivity index (χ3n) is 6.37. The van der Waals surface area contributed by atoms with Crippen LogP contribution in [0.25, 0.3) is 16.9 Å². The van der Waals surface area contributed by atoms with Crippen LogP contribution >= 0.6 is 22.9 Å². The normalized spacial score (nSPS) is 15.4. The smallest absolute Gasteiger partial charge is 0.207 e. The zero-order valence-corrected chi connectivity index (χ0v) is 21.4. The Balaban J connectivity index is 1.39. The van der Waals surface area contributed by atoms with Crippen molar-refractivity contribution in [1.29, 1.82) is 0 Å². The number of hydrazone groups is 1. The number of rotatable bonds is 5. The van der Waals surface area contributed by atoms with Crippen molar-refractivity contribution in [3.63, 3.8) is 0 Å². The molecule has 2 aromatic heterocycles. The molecule has 1 aliphatic rings. The van der Waals surface area contributed by atoms with Gasteiger partial charge in [0.05, 0.1) is 28.8 Å². The predicted molar refractivity (Wildman–Crippen MR) is 146 cm³/mol. The van der Waals surface area contributed by atoms with Gasteiger partial charge in [0.1, 0.15) is 5.69 Å². The molecule has 0 N–H and O–H groups in total. The van der Waals surface area contributed by atoms with Gasteiger partial charge in [-0.25, -0.2) is 14.7 Å². The van der Waals surface area contributed by atoms with Crippen molar-refractivity contribution in [3.8, 4) is 16.9 Å². The predicted octanol–water partition coefficient (Wildman–Crippen LogP) is 7.02. The Morgan fingerprint density at radius 1 is 0.917 bits per heavy atom. The van der Waals surface area contributed by atoms with E-state index in [0.29, 0.717) is 11.4 Å². The summed E-state index contributed by atoms with van der Waals surface area (Å²) in [6.07, 6.45) is 0.690. The van der Waals surface area contributed by atoms with Crippen LogP contribution in [0.2, 0.25) is 5.02 Å². The minimum absolute atomic E-state index is 0.0176. The fourth-order valence-corrected chi connectivity index (χ4v) is 5.37. The van der Waals surface area contributed by atoms with E-state index in [1.807, 2.05) is 46.9 Å². The Morgan fingerprint density at radius 3 is 2.42 bits per heavy atom. The third kappa shape index (κ3) is 4.21. The molecule has 1 atom stereocenters. The molecule has 0 fully saturated rings. The van der Waals surface area contributed by atoms with Crippen LogP contribution in [0, 0.1) is 13.8 Å². The summed E-state index contributed by atoms with van der Waals surface area (Å²) in [6, 6.07) is 26.4. The number of halogens is 1. The molecule has 3 aromatic carbocycles. The summed E-state index contributed by atoms with van der Waals surface area (Å²) >= 11 is 7.77. The van der Waals surface area contributed by atoms with Crippen molar-refractivity contribution in [2.24, 2.45) is 5.10 Å². The Labute approximate surface area is 218 Å². The van der Waals surface area contributed by atoms with Crippen LogP contribution in [-0.4, -0.2) is 25.7 Å². The number of thiazole rings is 1. The molecule has 0 amide bonds. The number of hydrogen-bond acceptors (Lipinski definition) is 6. The molecule has 178 valence electrons. The Bertz CT molecular complexity index is 1540. The Hall–Kier alpha value is -3.81. The standard InChI is InChI=1S/C28H23ClN6S/c1-18-8-14-23(15-9-18)34-19(2)27(31-33-34)24-16-26(21-10-12-22(29)13-11-21)35(32-24)28-30-25(17-36-28)20-6-4-3-5-7-20/h3-15,17,26H,16H2,1-2H3/t26-/m1/s1.